The molecule has 0 aliphatic carbocycles. The van der Waals surface area contributed by atoms with Crippen molar-refractivity contribution in [3.05, 3.63) is 53.6 Å². The molecule has 0 fully saturated rings. The van der Waals surface area contributed by atoms with E-state index in [9.17, 15) is 4.79 Å². The van der Waals surface area contributed by atoms with Gasteiger partial charge < -0.3 is 5.32 Å². The fourth-order valence-electron chi connectivity index (χ4n) is 1.17. The first-order valence-corrected chi connectivity index (χ1v) is 4.95. The smallest absolute Gasteiger partial charge is 0.255 e. The lowest BCUT2D eigenvalue weighted by molar-refractivity contribution is 0.102. The topological polar surface area (TPSA) is 54.9 Å². The van der Waals surface area contributed by atoms with E-state index in [0.29, 0.717) is 16.3 Å². The first-order chi connectivity index (χ1) is 7.75. The Morgan fingerprint density at radius 1 is 1.12 bits per heavy atom. The molecule has 16 heavy (non-hydrogen) atoms. The highest BCUT2D eigenvalue weighted by Gasteiger charge is 2.05. The number of carbonyl (C=O) groups excluding carboxylic acids is 1. The number of amides is 1. The molecular formula is C11H8ClN3O. The first kappa shape index (κ1) is 10.6. The highest BCUT2D eigenvalue weighted by Crippen LogP contribution is 2.11. The molecule has 0 unspecified atom stereocenters. The monoisotopic (exact) mass is 233 g/mol. The van der Waals surface area contributed by atoms with Gasteiger partial charge in [0.2, 0.25) is 0 Å². The van der Waals surface area contributed by atoms with Crippen LogP contribution in [0.1, 0.15) is 10.4 Å². The zero-order valence-corrected chi connectivity index (χ0v) is 8.98. The molecule has 0 radical (unpaired) electrons. The summed E-state index contributed by atoms with van der Waals surface area (Å²) in [6.45, 7) is 0. The number of carbonyl (C=O) groups is 1. The summed E-state index contributed by atoms with van der Waals surface area (Å²) < 4.78 is 0. The summed E-state index contributed by atoms with van der Waals surface area (Å²) in [5.74, 6) is -0.216. The van der Waals surface area contributed by atoms with Crippen molar-refractivity contribution in [1.29, 1.82) is 0 Å². The van der Waals surface area contributed by atoms with Crippen molar-refractivity contribution in [2.75, 3.05) is 5.32 Å². The summed E-state index contributed by atoms with van der Waals surface area (Å²) >= 11 is 5.72. The molecule has 0 saturated heterocycles. The van der Waals surface area contributed by atoms with E-state index in [0.717, 1.165) is 0 Å². The van der Waals surface area contributed by atoms with Crippen molar-refractivity contribution >= 4 is 23.2 Å². The van der Waals surface area contributed by atoms with E-state index in [2.05, 4.69) is 15.3 Å². The Morgan fingerprint density at radius 2 is 1.75 bits per heavy atom. The minimum atomic E-state index is -0.216. The van der Waals surface area contributed by atoms with Crippen molar-refractivity contribution in [3.8, 4) is 0 Å². The van der Waals surface area contributed by atoms with E-state index in [-0.39, 0.29) is 5.91 Å². The van der Waals surface area contributed by atoms with Gasteiger partial charge in [0, 0.05) is 10.6 Å². The standard InChI is InChI=1S/C11H8ClN3O/c12-9-3-1-8(2-4-9)11(16)15-10-5-13-7-14-6-10/h1-7H,(H,15,16). The van der Waals surface area contributed by atoms with Crippen LogP contribution in [0.25, 0.3) is 0 Å². The Labute approximate surface area is 97.3 Å². The van der Waals surface area contributed by atoms with E-state index < -0.39 is 0 Å². The predicted octanol–water partition coefficient (Wildman–Crippen LogP) is 2.38. The maximum absolute atomic E-state index is 11.7. The van der Waals surface area contributed by atoms with Gasteiger partial charge in [0.15, 0.2) is 0 Å². The number of nitrogens with zero attached hydrogens (tertiary/aromatic N) is 2. The van der Waals surface area contributed by atoms with Gasteiger partial charge >= 0.3 is 0 Å². The molecule has 0 saturated carbocycles. The third-order valence-electron chi connectivity index (χ3n) is 1.92. The Kier molecular flexibility index (Phi) is 3.12. The second-order valence-electron chi connectivity index (χ2n) is 3.09. The first-order valence-electron chi connectivity index (χ1n) is 4.57. The SMILES string of the molecule is O=C(Nc1cncnc1)c1ccc(Cl)cc1. The Hall–Kier alpha value is -1.94. The number of rotatable bonds is 2. The number of nitrogens with one attached hydrogen (secondary N) is 1. The lowest BCUT2D eigenvalue weighted by Gasteiger charge is -2.03. The molecule has 4 nitrogen and oxygen atoms in total. The quantitative estimate of drug-likeness (QED) is 0.867. The largest absolute Gasteiger partial charge is 0.319 e. The van der Waals surface area contributed by atoms with Gasteiger partial charge in [-0.25, -0.2) is 9.97 Å². The van der Waals surface area contributed by atoms with Crippen LogP contribution in [0.4, 0.5) is 5.69 Å². The summed E-state index contributed by atoms with van der Waals surface area (Å²) in [5.41, 5.74) is 1.09. The number of halogens is 1. The van der Waals surface area contributed by atoms with Crippen molar-refractivity contribution < 1.29 is 4.79 Å². The van der Waals surface area contributed by atoms with Crippen LogP contribution in [-0.2, 0) is 0 Å². The van der Waals surface area contributed by atoms with Crippen LogP contribution in [-0.4, -0.2) is 15.9 Å². The van der Waals surface area contributed by atoms with Crippen LogP contribution in [0.15, 0.2) is 43.0 Å². The van der Waals surface area contributed by atoms with Crippen LogP contribution in [0.2, 0.25) is 5.02 Å². The average molecular weight is 234 g/mol. The van der Waals surface area contributed by atoms with E-state index in [1.807, 2.05) is 0 Å². The molecule has 0 spiro atoms. The van der Waals surface area contributed by atoms with E-state index in [1.165, 1.54) is 18.7 Å². The highest BCUT2D eigenvalue weighted by atomic mass is 35.5. The van der Waals surface area contributed by atoms with Gasteiger partial charge in [-0.2, -0.15) is 0 Å². The number of hydrogen-bond acceptors (Lipinski definition) is 3. The van der Waals surface area contributed by atoms with E-state index in [1.54, 1.807) is 24.3 Å². The number of benzene rings is 1. The molecule has 1 amide bonds. The number of hydrogen-bond donors (Lipinski definition) is 1. The Bertz CT molecular complexity index is 484. The molecule has 1 aromatic carbocycles. The second-order valence-corrected chi connectivity index (χ2v) is 3.52. The third kappa shape index (κ3) is 2.55. The van der Waals surface area contributed by atoms with Gasteiger partial charge in [-0.3, -0.25) is 4.79 Å². The van der Waals surface area contributed by atoms with Gasteiger partial charge in [-0.15, -0.1) is 0 Å². The molecule has 1 aromatic heterocycles. The molecule has 0 atom stereocenters. The van der Waals surface area contributed by atoms with E-state index in [4.69, 9.17) is 11.6 Å². The fraction of sp³-hybridized carbons (Fsp3) is 0. The van der Waals surface area contributed by atoms with Crippen molar-refractivity contribution in [2.45, 2.75) is 0 Å². The Morgan fingerprint density at radius 3 is 2.38 bits per heavy atom. The summed E-state index contributed by atoms with van der Waals surface area (Å²) in [5, 5.41) is 3.27. The summed E-state index contributed by atoms with van der Waals surface area (Å²) in [7, 11) is 0. The van der Waals surface area contributed by atoms with E-state index >= 15 is 0 Å². The molecule has 1 N–H and O–H groups in total. The molecule has 80 valence electrons. The van der Waals surface area contributed by atoms with Gasteiger partial charge in [0.1, 0.15) is 6.33 Å². The lowest BCUT2D eigenvalue weighted by Crippen LogP contribution is -2.11. The summed E-state index contributed by atoms with van der Waals surface area (Å²) in [6, 6.07) is 6.64. The third-order valence-corrected chi connectivity index (χ3v) is 2.18. The number of anilines is 1. The molecule has 1 heterocycles. The molecule has 2 aromatic rings. The highest BCUT2D eigenvalue weighted by molar-refractivity contribution is 6.30. The van der Waals surface area contributed by atoms with Crippen LogP contribution in [0.5, 0.6) is 0 Å². The van der Waals surface area contributed by atoms with Crippen molar-refractivity contribution in [1.82, 2.24) is 9.97 Å². The van der Waals surface area contributed by atoms with Crippen molar-refractivity contribution in [2.24, 2.45) is 0 Å². The van der Waals surface area contributed by atoms with Gasteiger partial charge in [-0.05, 0) is 24.3 Å². The van der Waals surface area contributed by atoms with Crippen molar-refractivity contribution in [3.63, 3.8) is 0 Å². The summed E-state index contributed by atoms with van der Waals surface area (Å²) in [6.07, 6.45) is 4.46. The number of aromatic nitrogens is 2. The maximum Gasteiger partial charge on any atom is 0.255 e. The second kappa shape index (κ2) is 4.72. The molecule has 0 aliphatic heterocycles. The molecule has 0 bridgehead atoms. The zero-order chi connectivity index (χ0) is 11.4. The van der Waals surface area contributed by atoms with Gasteiger partial charge in [0.25, 0.3) is 5.91 Å². The minimum Gasteiger partial charge on any atom is -0.319 e. The lowest BCUT2D eigenvalue weighted by atomic mass is 10.2. The van der Waals surface area contributed by atoms with Crippen LogP contribution >= 0.6 is 11.6 Å². The maximum atomic E-state index is 11.7. The van der Waals surface area contributed by atoms with Gasteiger partial charge in [-0.1, -0.05) is 11.6 Å². The van der Waals surface area contributed by atoms with Crippen LogP contribution in [0.3, 0.4) is 0 Å². The minimum absolute atomic E-state index is 0.216. The molecule has 0 aliphatic rings. The van der Waals surface area contributed by atoms with Crippen LogP contribution < -0.4 is 5.32 Å². The summed E-state index contributed by atoms with van der Waals surface area (Å²) in [4.78, 5) is 19.3. The normalized spacial score (nSPS) is 9.81. The predicted molar refractivity (Wildman–Crippen MR) is 61.4 cm³/mol. The zero-order valence-electron chi connectivity index (χ0n) is 8.22. The molecule has 2 rings (SSSR count). The Balaban J connectivity index is 2.12. The average Bonchev–Trinajstić information content (AvgIpc) is 2.31. The molecule has 5 heteroatoms. The molecular weight excluding hydrogens is 226 g/mol. The van der Waals surface area contributed by atoms with Gasteiger partial charge in [0.05, 0.1) is 18.1 Å². The fourth-order valence-corrected chi connectivity index (χ4v) is 1.29. The van der Waals surface area contributed by atoms with Crippen LogP contribution in [0, 0.1) is 0 Å².